The van der Waals surface area contributed by atoms with Crippen molar-refractivity contribution in [2.45, 2.75) is 26.1 Å². The van der Waals surface area contributed by atoms with Gasteiger partial charge in [0.1, 0.15) is 0 Å². The highest BCUT2D eigenvalue weighted by molar-refractivity contribution is 7.07. The van der Waals surface area contributed by atoms with Crippen molar-refractivity contribution in [2.24, 2.45) is 0 Å². The fourth-order valence-corrected chi connectivity index (χ4v) is 2.44. The van der Waals surface area contributed by atoms with Crippen LogP contribution in [0.1, 0.15) is 12.5 Å². The highest BCUT2D eigenvalue weighted by Gasteiger charge is 2.12. The fraction of sp³-hybridized carbons (Fsp3) is 0.385. The molecule has 0 saturated carbocycles. The van der Waals surface area contributed by atoms with Crippen molar-refractivity contribution in [1.82, 2.24) is 20.0 Å². The summed E-state index contributed by atoms with van der Waals surface area (Å²) in [5.41, 5.74) is 1.15. The lowest BCUT2D eigenvalue weighted by molar-refractivity contribution is 0.202. The van der Waals surface area contributed by atoms with Crippen molar-refractivity contribution in [3.8, 4) is 0 Å². The Balaban J connectivity index is 1.79. The zero-order valence-corrected chi connectivity index (χ0v) is 11.9. The molecule has 102 valence electrons. The fourth-order valence-electron chi connectivity index (χ4n) is 1.78. The van der Waals surface area contributed by atoms with Crippen molar-refractivity contribution in [2.75, 3.05) is 7.05 Å². The summed E-state index contributed by atoms with van der Waals surface area (Å²) in [7, 11) is 1.80. The van der Waals surface area contributed by atoms with E-state index in [-0.39, 0.29) is 12.1 Å². The lowest BCUT2D eigenvalue weighted by Crippen LogP contribution is -2.43. The lowest BCUT2D eigenvalue weighted by atomic mass is 10.3. The van der Waals surface area contributed by atoms with E-state index in [0.29, 0.717) is 13.1 Å². The minimum Gasteiger partial charge on any atom is -0.334 e. The minimum atomic E-state index is -0.0640. The molecule has 0 saturated heterocycles. The molecular weight excluding hydrogens is 260 g/mol. The third-order valence-corrected chi connectivity index (χ3v) is 3.47. The summed E-state index contributed by atoms with van der Waals surface area (Å²) in [5.74, 6) is 0. The third-order valence-electron chi connectivity index (χ3n) is 2.74. The van der Waals surface area contributed by atoms with Crippen LogP contribution in [0.3, 0.4) is 0 Å². The van der Waals surface area contributed by atoms with Crippen LogP contribution in [-0.2, 0) is 13.1 Å². The van der Waals surface area contributed by atoms with Gasteiger partial charge in [0, 0.05) is 32.0 Å². The van der Waals surface area contributed by atoms with Gasteiger partial charge >= 0.3 is 6.03 Å². The first-order valence-electron chi connectivity index (χ1n) is 6.15. The number of urea groups is 1. The molecule has 0 aromatic carbocycles. The molecule has 2 rings (SSSR count). The molecule has 2 heterocycles. The Hall–Kier alpha value is -1.82. The monoisotopic (exact) mass is 278 g/mol. The van der Waals surface area contributed by atoms with Crippen LogP contribution in [0.2, 0.25) is 0 Å². The summed E-state index contributed by atoms with van der Waals surface area (Å²) in [6.07, 6.45) is 3.62. The Bertz CT molecular complexity index is 495. The summed E-state index contributed by atoms with van der Waals surface area (Å²) in [4.78, 5) is 13.7. The van der Waals surface area contributed by atoms with Crippen LogP contribution in [0.25, 0.3) is 0 Å². The third kappa shape index (κ3) is 4.10. The Morgan fingerprint density at radius 1 is 1.63 bits per heavy atom. The number of hydrogen-bond acceptors (Lipinski definition) is 3. The van der Waals surface area contributed by atoms with E-state index in [0.717, 1.165) is 5.56 Å². The van der Waals surface area contributed by atoms with Gasteiger partial charge in [0.15, 0.2) is 0 Å². The van der Waals surface area contributed by atoms with Crippen LogP contribution in [-0.4, -0.2) is 33.8 Å². The number of thiophene rings is 1. The average Bonchev–Trinajstić information content (AvgIpc) is 3.01. The molecule has 1 atom stereocenters. The smallest absolute Gasteiger partial charge is 0.317 e. The molecule has 0 unspecified atom stereocenters. The van der Waals surface area contributed by atoms with Gasteiger partial charge in [-0.05, 0) is 35.4 Å². The van der Waals surface area contributed by atoms with Gasteiger partial charge in [0.2, 0.25) is 0 Å². The number of hydrogen-bond donors (Lipinski definition) is 1. The molecule has 6 heteroatoms. The largest absolute Gasteiger partial charge is 0.334 e. The minimum absolute atomic E-state index is 0.0392. The maximum atomic E-state index is 12.0. The van der Waals surface area contributed by atoms with Crippen LogP contribution in [0.5, 0.6) is 0 Å². The highest BCUT2D eigenvalue weighted by atomic mass is 32.1. The first-order chi connectivity index (χ1) is 9.15. The van der Waals surface area contributed by atoms with Crippen LogP contribution in [0.4, 0.5) is 4.79 Å². The van der Waals surface area contributed by atoms with Gasteiger partial charge in [-0.2, -0.15) is 16.4 Å². The molecule has 5 nitrogen and oxygen atoms in total. The Kier molecular flexibility index (Phi) is 4.57. The van der Waals surface area contributed by atoms with Crippen LogP contribution < -0.4 is 5.32 Å². The van der Waals surface area contributed by atoms with E-state index in [4.69, 9.17) is 0 Å². The Morgan fingerprint density at radius 2 is 2.47 bits per heavy atom. The SMILES string of the molecule is C[C@@H](Cn1cccn1)NC(=O)N(C)Cc1ccsc1. The maximum absolute atomic E-state index is 12.0. The molecule has 0 radical (unpaired) electrons. The van der Waals surface area contributed by atoms with Gasteiger partial charge in [-0.25, -0.2) is 4.79 Å². The van der Waals surface area contributed by atoms with Crippen molar-refractivity contribution >= 4 is 17.4 Å². The predicted molar refractivity (Wildman–Crippen MR) is 76.0 cm³/mol. The average molecular weight is 278 g/mol. The second-order valence-electron chi connectivity index (χ2n) is 4.57. The molecule has 1 N–H and O–H groups in total. The molecule has 0 aliphatic rings. The van der Waals surface area contributed by atoms with Crippen molar-refractivity contribution < 1.29 is 4.79 Å². The zero-order chi connectivity index (χ0) is 13.7. The first-order valence-corrected chi connectivity index (χ1v) is 7.09. The molecular formula is C13H18N4OS. The van der Waals surface area contributed by atoms with Crippen molar-refractivity contribution in [3.63, 3.8) is 0 Å². The number of aromatic nitrogens is 2. The lowest BCUT2D eigenvalue weighted by Gasteiger charge is -2.21. The highest BCUT2D eigenvalue weighted by Crippen LogP contribution is 2.08. The maximum Gasteiger partial charge on any atom is 0.317 e. The molecule has 0 aliphatic heterocycles. The van der Waals surface area contributed by atoms with Crippen LogP contribution >= 0.6 is 11.3 Å². The molecule has 0 fully saturated rings. The van der Waals surface area contributed by atoms with Crippen molar-refractivity contribution in [1.29, 1.82) is 0 Å². The Labute approximate surface area is 116 Å². The van der Waals surface area contributed by atoms with Crippen LogP contribution in [0.15, 0.2) is 35.3 Å². The van der Waals surface area contributed by atoms with Gasteiger partial charge in [-0.15, -0.1) is 0 Å². The normalized spacial score (nSPS) is 12.1. The summed E-state index contributed by atoms with van der Waals surface area (Å²) < 4.78 is 1.81. The van der Waals surface area contributed by atoms with Gasteiger partial charge in [0.05, 0.1) is 6.54 Å². The summed E-state index contributed by atoms with van der Waals surface area (Å²) >= 11 is 1.64. The van der Waals surface area contributed by atoms with Gasteiger partial charge in [-0.1, -0.05) is 0 Å². The summed E-state index contributed by atoms with van der Waals surface area (Å²) in [6.45, 7) is 3.27. The van der Waals surface area contributed by atoms with E-state index in [1.165, 1.54) is 0 Å². The van der Waals surface area contributed by atoms with E-state index in [1.54, 1.807) is 29.5 Å². The van der Waals surface area contributed by atoms with Gasteiger partial charge in [-0.3, -0.25) is 4.68 Å². The van der Waals surface area contributed by atoms with Gasteiger partial charge in [0.25, 0.3) is 0 Å². The van der Waals surface area contributed by atoms with E-state index in [1.807, 2.05) is 35.3 Å². The number of rotatable bonds is 5. The standard InChI is InChI=1S/C13H18N4OS/c1-11(8-17-6-3-5-14-17)15-13(18)16(2)9-12-4-7-19-10-12/h3-7,10-11H,8-9H2,1-2H3,(H,15,18)/t11-/m0/s1. The molecule has 0 spiro atoms. The number of carbonyl (C=O) groups excluding carboxylic acids is 1. The molecule has 0 bridgehead atoms. The topological polar surface area (TPSA) is 50.2 Å². The van der Waals surface area contributed by atoms with Crippen molar-refractivity contribution in [3.05, 3.63) is 40.8 Å². The van der Waals surface area contributed by atoms with Gasteiger partial charge < -0.3 is 10.2 Å². The predicted octanol–water partition coefficient (Wildman–Crippen LogP) is 2.17. The molecule has 19 heavy (non-hydrogen) atoms. The molecule has 2 aromatic heterocycles. The number of nitrogens with zero attached hydrogens (tertiary/aromatic N) is 3. The van der Waals surface area contributed by atoms with E-state index < -0.39 is 0 Å². The second-order valence-corrected chi connectivity index (χ2v) is 5.35. The first kappa shape index (κ1) is 13.6. The Morgan fingerprint density at radius 3 is 3.11 bits per heavy atom. The van der Waals surface area contributed by atoms with Crippen LogP contribution in [0, 0.1) is 0 Å². The zero-order valence-electron chi connectivity index (χ0n) is 11.1. The van der Waals surface area contributed by atoms with E-state index >= 15 is 0 Å². The quantitative estimate of drug-likeness (QED) is 0.911. The summed E-state index contributed by atoms with van der Waals surface area (Å²) in [5, 5.41) is 11.2. The number of nitrogens with one attached hydrogen (secondary N) is 1. The van der Waals surface area contributed by atoms with E-state index in [2.05, 4.69) is 15.8 Å². The number of amides is 2. The number of carbonyl (C=O) groups is 1. The molecule has 0 aliphatic carbocycles. The summed E-state index contributed by atoms with van der Waals surface area (Å²) in [6, 6.07) is 3.88. The molecule has 2 amide bonds. The second kappa shape index (κ2) is 6.38. The van der Waals surface area contributed by atoms with E-state index in [9.17, 15) is 4.79 Å². The molecule has 2 aromatic rings.